The number of nitrogens with zero attached hydrogens (tertiary/aromatic N) is 3. The zero-order valence-electron chi connectivity index (χ0n) is 17.3. The molecule has 0 N–H and O–H groups in total. The summed E-state index contributed by atoms with van der Waals surface area (Å²) in [7, 11) is 0. The van der Waals surface area contributed by atoms with Gasteiger partial charge in [0.1, 0.15) is 5.75 Å². The molecule has 29 heavy (non-hydrogen) atoms. The van der Waals surface area contributed by atoms with E-state index in [1.54, 1.807) is 11.3 Å². The highest BCUT2D eigenvalue weighted by atomic mass is 32.1. The number of ether oxygens (including phenoxy) is 1. The van der Waals surface area contributed by atoms with E-state index < -0.39 is 0 Å². The number of hydrogen-bond acceptors (Lipinski definition) is 5. The first kappa shape index (κ1) is 19.7. The number of carbonyl (C=O) groups excluding carboxylic acids is 1. The molecule has 1 aliphatic rings. The van der Waals surface area contributed by atoms with Gasteiger partial charge in [-0.1, -0.05) is 42.0 Å². The molecule has 2 aromatic carbocycles. The maximum absolute atomic E-state index is 12.6. The summed E-state index contributed by atoms with van der Waals surface area (Å²) in [6, 6.07) is 12.5. The summed E-state index contributed by atoms with van der Waals surface area (Å²) in [6.07, 6.45) is 1.04. The van der Waals surface area contributed by atoms with Crippen molar-refractivity contribution in [2.75, 3.05) is 37.7 Å². The summed E-state index contributed by atoms with van der Waals surface area (Å²) in [5, 5.41) is 1.05. The summed E-state index contributed by atoms with van der Waals surface area (Å²) < 4.78 is 7.00. The van der Waals surface area contributed by atoms with E-state index in [4.69, 9.17) is 9.72 Å². The Hall–Kier alpha value is -2.60. The van der Waals surface area contributed by atoms with Gasteiger partial charge in [0.15, 0.2) is 11.7 Å². The summed E-state index contributed by atoms with van der Waals surface area (Å²) in [5.41, 5.74) is 4.65. The van der Waals surface area contributed by atoms with E-state index in [1.807, 2.05) is 24.0 Å². The second-order valence-corrected chi connectivity index (χ2v) is 8.59. The molecule has 1 aliphatic heterocycles. The van der Waals surface area contributed by atoms with Gasteiger partial charge in [0, 0.05) is 26.2 Å². The first-order chi connectivity index (χ1) is 14.0. The van der Waals surface area contributed by atoms with Gasteiger partial charge >= 0.3 is 0 Å². The van der Waals surface area contributed by atoms with Gasteiger partial charge < -0.3 is 14.5 Å². The molecule has 1 amide bonds. The fourth-order valence-electron chi connectivity index (χ4n) is 3.65. The predicted octanol–water partition coefficient (Wildman–Crippen LogP) is 4.20. The molecule has 1 fully saturated rings. The lowest BCUT2D eigenvalue weighted by Gasteiger charge is -2.34. The van der Waals surface area contributed by atoms with Crippen molar-refractivity contribution in [1.82, 2.24) is 9.88 Å². The molecule has 4 rings (SSSR count). The largest absolute Gasteiger partial charge is 0.484 e. The van der Waals surface area contributed by atoms with E-state index in [0.717, 1.165) is 41.5 Å². The fraction of sp³-hybridized carbons (Fsp3) is 0.391. The Kier molecular flexibility index (Phi) is 5.72. The van der Waals surface area contributed by atoms with Gasteiger partial charge in [0.2, 0.25) is 0 Å². The molecular weight excluding hydrogens is 382 g/mol. The second kappa shape index (κ2) is 8.41. The smallest absolute Gasteiger partial charge is 0.260 e. The van der Waals surface area contributed by atoms with Crippen molar-refractivity contribution >= 4 is 32.6 Å². The molecule has 3 aromatic rings. The zero-order valence-corrected chi connectivity index (χ0v) is 18.1. The Morgan fingerprint density at radius 3 is 2.62 bits per heavy atom. The number of rotatable bonds is 5. The van der Waals surface area contributed by atoms with Gasteiger partial charge in [0.05, 0.1) is 10.2 Å². The van der Waals surface area contributed by atoms with Crippen LogP contribution in [-0.2, 0) is 11.2 Å². The standard InChI is InChI=1S/C23H27N3O2S/c1-4-18-6-7-19-21(14-18)29-23(24-19)26-11-9-25(10-12-26)22(27)15-28-20-8-5-16(2)13-17(20)3/h5-8,13-14H,4,9-12,15H2,1-3H3. The number of aryl methyl sites for hydroxylation is 3. The topological polar surface area (TPSA) is 45.7 Å². The van der Waals surface area contributed by atoms with Crippen molar-refractivity contribution < 1.29 is 9.53 Å². The lowest BCUT2D eigenvalue weighted by Crippen LogP contribution is -2.50. The van der Waals surface area contributed by atoms with Crippen molar-refractivity contribution in [2.45, 2.75) is 27.2 Å². The Balaban J connectivity index is 1.33. The maximum Gasteiger partial charge on any atom is 0.260 e. The van der Waals surface area contributed by atoms with Crippen LogP contribution in [0.4, 0.5) is 5.13 Å². The highest BCUT2D eigenvalue weighted by Crippen LogP contribution is 2.30. The predicted molar refractivity (Wildman–Crippen MR) is 119 cm³/mol. The third-order valence-electron chi connectivity index (χ3n) is 5.43. The maximum atomic E-state index is 12.6. The lowest BCUT2D eigenvalue weighted by atomic mass is 10.1. The van der Waals surface area contributed by atoms with Crippen LogP contribution in [0, 0.1) is 13.8 Å². The Labute approximate surface area is 175 Å². The highest BCUT2D eigenvalue weighted by Gasteiger charge is 2.23. The second-order valence-electron chi connectivity index (χ2n) is 7.58. The van der Waals surface area contributed by atoms with E-state index in [1.165, 1.54) is 15.8 Å². The van der Waals surface area contributed by atoms with Gasteiger partial charge in [-0.05, 0) is 49.6 Å². The van der Waals surface area contributed by atoms with E-state index in [2.05, 4.69) is 43.0 Å². The SMILES string of the molecule is CCc1ccc2nc(N3CCN(C(=O)COc4ccc(C)cc4C)CC3)sc2c1. The van der Waals surface area contributed by atoms with Crippen LogP contribution in [0.1, 0.15) is 23.6 Å². The molecule has 2 heterocycles. The van der Waals surface area contributed by atoms with Crippen molar-refractivity contribution in [2.24, 2.45) is 0 Å². The number of aromatic nitrogens is 1. The number of anilines is 1. The van der Waals surface area contributed by atoms with Crippen LogP contribution in [0.3, 0.4) is 0 Å². The van der Waals surface area contributed by atoms with Gasteiger partial charge in [-0.3, -0.25) is 4.79 Å². The molecule has 0 aliphatic carbocycles. The minimum Gasteiger partial charge on any atom is -0.484 e. The quantitative estimate of drug-likeness (QED) is 0.633. The van der Waals surface area contributed by atoms with E-state index in [0.29, 0.717) is 13.1 Å². The first-order valence-electron chi connectivity index (χ1n) is 10.2. The van der Waals surface area contributed by atoms with Gasteiger partial charge in [-0.25, -0.2) is 4.98 Å². The Bertz CT molecular complexity index is 1020. The van der Waals surface area contributed by atoms with Crippen LogP contribution in [0.15, 0.2) is 36.4 Å². The monoisotopic (exact) mass is 409 g/mol. The zero-order chi connectivity index (χ0) is 20.4. The summed E-state index contributed by atoms with van der Waals surface area (Å²) in [6.45, 7) is 9.32. The van der Waals surface area contributed by atoms with Crippen molar-refractivity contribution in [3.63, 3.8) is 0 Å². The van der Waals surface area contributed by atoms with Crippen LogP contribution in [-0.4, -0.2) is 48.6 Å². The molecule has 0 bridgehead atoms. The molecule has 6 heteroatoms. The third kappa shape index (κ3) is 4.37. The average Bonchev–Trinajstić information content (AvgIpc) is 3.16. The number of thiazole rings is 1. The summed E-state index contributed by atoms with van der Waals surface area (Å²) in [4.78, 5) is 21.5. The third-order valence-corrected chi connectivity index (χ3v) is 6.51. The molecular formula is C23H27N3O2S. The normalized spacial score (nSPS) is 14.4. The number of fused-ring (bicyclic) bond motifs is 1. The number of benzene rings is 2. The van der Waals surface area contributed by atoms with Crippen LogP contribution >= 0.6 is 11.3 Å². The van der Waals surface area contributed by atoms with Gasteiger partial charge in [-0.2, -0.15) is 0 Å². The highest BCUT2D eigenvalue weighted by molar-refractivity contribution is 7.22. The van der Waals surface area contributed by atoms with Crippen molar-refractivity contribution in [3.05, 3.63) is 53.1 Å². The Morgan fingerprint density at radius 1 is 1.10 bits per heavy atom. The van der Waals surface area contributed by atoms with E-state index in [-0.39, 0.29) is 12.5 Å². The molecule has 1 aromatic heterocycles. The van der Waals surface area contributed by atoms with Crippen LogP contribution in [0.5, 0.6) is 5.75 Å². The lowest BCUT2D eigenvalue weighted by molar-refractivity contribution is -0.133. The number of carbonyl (C=O) groups is 1. The van der Waals surface area contributed by atoms with Crippen LogP contribution < -0.4 is 9.64 Å². The van der Waals surface area contributed by atoms with Gasteiger partial charge in [-0.15, -0.1) is 0 Å². The number of amides is 1. The summed E-state index contributed by atoms with van der Waals surface area (Å²) >= 11 is 1.74. The molecule has 0 saturated carbocycles. The fourth-order valence-corrected chi connectivity index (χ4v) is 4.73. The average molecular weight is 410 g/mol. The Morgan fingerprint density at radius 2 is 1.90 bits per heavy atom. The van der Waals surface area contributed by atoms with Crippen molar-refractivity contribution in [3.8, 4) is 5.75 Å². The van der Waals surface area contributed by atoms with Crippen LogP contribution in [0.2, 0.25) is 0 Å². The molecule has 0 spiro atoms. The molecule has 1 saturated heterocycles. The minimum absolute atomic E-state index is 0.0431. The molecule has 0 atom stereocenters. The van der Waals surface area contributed by atoms with Crippen molar-refractivity contribution in [1.29, 1.82) is 0 Å². The van der Waals surface area contributed by atoms with E-state index in [9.17, 15) is 4.79 Å². The van der Waals surface area contributed by atoms with Gasteiger partial charge in [0.25, 0.3) is 5.91 Å². The minimum atomic E-state index is 0.0431. The molecule has 5 nitrogen and oxygen atoms in total. The molecule has 152 valence electrons. The first-order valence-corrected chi connectivity index (χ1v) is 11.0. The van der Waals surface area contributed by atoms with Crippen LogP contribution in [0.25, 0.3) is 10.2 Å². The van der Waals surface area contributed by atoms with E-state index >= 15 is 0 Å². The molecule has 0 unspecified atom stereocenters. The molecule has 0 radical (unpaired) electrons. The number of hydrogen-bond donors (Lipinski definition) is 0. The summed E-state index contributed by atoms with van der Waals surface area (Å²) in [5.74, 6) is 0.824. The number of piperazine rings is 1.